The van der Waals surface area contributed by atoms with Gasteiger partial charge in [0.15, 0.2) is 0 Å². The van der Waals surface area contributed by atoms with E-state index in [1.54, 1.807) is 12.4 Å². The van der Waals surface area contributed by atoms with Crippen molar-refractivity contribution in [2.45, 2.75) is 0 Å². The number of nitrogens with one attached hydrogen (secondary N) is 1. The summed E-state index contributed by atoms with van der Waals surface area (Å²) in [5.41, 5.74) is 9.77. The summed E-state index contributed by atoms with van der Waals surface area (Å²) in [5.74, 6) is 0.366. The van der Waals surface area contributed by atoms with Crippen molar-refractivity contribution >= 4 is 28.5 Å². The maximum Gasteiger partial charge on any atom is 0.141 e. The van der Waals surface area contributed by atoms with E-state index in [0.29, 0.717) is 16.5 Å². The van der Waals surface area contributed by atoms with Gasteiger partial charge in [0.2, 0.25) is 0 Å². The van der Waals surface area contributed by atoms with E-state index in [2.05, 4.69) is 19.9 Å². The van der Waals surface area contributed by atoms with Gasteiger partial charge in [-0.3, -0.25) is 4.98 Å². The third-order valence-electron chi connectivity index (χ3n) is 3.67. The molecule has 23 heavy (non-hydrogen) atoms. The van der Waals surface area contributed by atoms with Gasteiger partial charge < -0.3 is 10.7 Å². The van der Waals surface area contributed by atoms with Crippen molar-refractivity contribution in [2.24, 2.45) is 0 Å². The van der Waals surface area contributed by atoms with E-state index in [-0.39, 0.29) is 0 Å². The molecule has 1 aromatic carbocycles. The number of pyridine rings is 1. The Balaban J connectivity index is 1.95. The Bertz CT molecular complexity index is 977. The quantitative estimate of drug-likeness (QED) is 0.586. The number of aromatic nitrogens is 4. The van der Waals surface area contributed by atoms with Gasteiger partial charge in [0.1, 0.15) is 11.5 Å². The molecular weight excluding hydrogens is 310 g/mol. The molecule has 0 bridgehead atoms. The smallest absolute Gasteiger partial charge is 0.141 e. The fourth-order valence-corrected chi connectivity index (χ4v) is 2.89. The number of fused-ring (bicyclic) bond motifs is 1. The highest BCUT2D eigenvalue weighted by Gasteiger charge is 2.15. The van der Waals surface area contributed by atoms with Crippen LogP contribution in [-0.4, -0.2) is 19.9 Å². The Labute approximate surface area is 137 Å². The zero-order valence-electron chi connectivity index (χ0n) is 12.0. The van der Waals surface area contributed by atoms with E-state index in [9.17, 15) is 0 Å². The number of nitrogen functional groups attached to an aromatic ring is 1. The minimum Gasteiger partial charge on any atom is -0.382 e. The molecule has 3 N–H and O–H groups in total. The summed E-state index contributed by atoms with van der Waals surface area (Å²) in [6.45, 7) is 0. The third kappa shape index (κ3) is 2.31. The number of benzene rings is 1. The van der Waals surface area contributed by atoms with Crippen molar-refractivity contribution in [3.8, 4) is 22.4 Å². The van der Waals surface area contributed by atoms with Crippen molar-refractivity contribution in [3.05, 3.63) is 60.1 Å². The standard InChI is InChI=1S/C17H12ClN5/c18-16-12(13-8-21-14(19)9-20-13)7-23-17-15(16)11(6-22-17)10-4-2-1-3-5-10/h1-9H,(H2,19,21)(H,22,23). The molecule has 0 unspecified atom stereocenters. The van der Waals surface area contributed by atoms with Gasteiger partial charge in [0.25, 0.3) is 0 Å². The molecule has 0 aliphatic carbocycles. The Morgan fingerprint density at radius 1 is 0.913 bits per heavy atom. The predicted molar refractivity (Wildman–Crippen MR) is 92.0 cm³/mol. The van der Waals surface area contributed by atoms with Crippen LogP contribution >= 0.6 is 11.6 Å². The van der Waals surface area contributed by atoms with Crippen LogP contribution in [0.1, 0.15) is 0 Å². The fraction of sp³-hybridized carbons (Fsp3) is 0. The van der Waals surface area contributed by atoms with Crippen LogP contribution in [0.2, 0.25) is 5.02 Å². The number of hydrogen-bond acceptors (Lipinski definition) is 4. The Kier molecular flexibility index (Phi) is 3.20. The predicted octanol–water partition coefficient (Wildman–Crippen LogP) is 3.92. The van der Waals surface area contributed by atoms with Gasteiger partial charge in [0, 0.05) is 28.9 Å². The topological polar surface area (TPSA) is 80.5 Å². The lowest BCUT2D eigenvalue weighted by Crippen LogP contribution is -1.94. The zero-order valence-corrected chi connectivity index (χ0v) is 12.7. The summed E-state index contributed by atoms with van der Waals surface area (Å²) in [5, 5.41) is 1.46. The second-order valence-electron chi connectivity index (χ2n) is 5.10. The number of halogens is 1. The molecule has 5 nitrogen and oxygen atoms in total. The van der Waals surface area contributed by atoms with Gasteiger partial charge >= 0.3 is 0 Å². The first-order chi connectivity index (χ1) is 11.2. The maximum absolute atomic E-state index is 6.65. The number of anilines is 1. The summed E-state index contributed by atoms with van der Waals surface area (Å²) in [6, 6.07) is 10.0. The first-order valence-electron chi connectivity index (χ1n) is 7.03. The number of nitrogens with two attached hydrogens (primary N) is 1. The van der Waals surface area contributed by atoms with Gasteiger partial charge in [-0.2, -0.15) is 0 Å². The van der Waals surface area contributed by atoms with Crippen molar-refractivity contribution in [1.82, 2.24) is 19.9 Å². The second kappa shape index (κ2) is 5.37. The molecule has 0 aliphatic rings. The molecule has 6 heteroatoms. The Hall–Kier alpha value is -2.92. The summed E-state index contributed by atoms with van der Waals surface area (Å²) in [6.07, 6.45) is 6.71. The van der Waals surface area contributed by atoms with Crippen molar-refractivity contribution in [2.75, 3.05) is 5.73 Å². The Morgan fingerprint density at radius 2 is 1.74 bits per heavy atom. The summed E-state index contributed by atoms with van der Waals surface area (Å²) >= 11 is 6.65. The molecule has 0 amide bonds. The number of rotatable bonds is 2. The second-order valence-corrected chi connectivity index (χ2v) is 5.48. The van der Waals surface area contributed by atoms with E-state index >= 15 is 0 Å². The molecule has 0 atom stereocenters. The first-order valence-corrected chi connectivity index (χ1v) is 7.41. The highest BCUT2D eigenvalue weighted by molar-refractivity contribution is 6.39. The molecule has 112 valence electrons. The third-order valence-corrected chi connectivity index (χ3v) is 4.06. The first kappa shape index (κ1) is 13.7. The zero-order chi connectivity index (χ0) is 15.8. The lowest BCUT2D eigenvalue weighted by atomic mass is 10.0. The van der Waals surface area contributed by atoms with Gasteiger partial charge in [-0.1, -0.05) is 41.9 Å². The molecule has 4 aromatic rings. The van der Waals surface area contributed by atoms with Crippen molar-refractivity contribution in [1.29, 1.82) is 0 Å². The highest BCUT2D eigenvalue weighted by Crippen LogP contribution is 2.37. The van der Waals surface area contributed by atoms with Crippen LogP contribution in [0.4, 0.5) is 5.82 Å². The van der Waals surface area contributed by atoms with Crippen LogP contribution < -0.4 is 5.73 Å². The van der Waals surface area contributed by atoms with Gasteiger partial charge in [-0.25, -0.2) is 9.97 Å². The molecule has 3 heterocycles. The number of H-pyrrole nitrogens is 1. The van der Waals surface area contributed by atoms with Crippen LogP contribution in [-0.2, 0) is 0 Å². The van der Waals surface area contributed by atoms with Crippen molar-refractivity contribution in [3.63, 3.8) is 0 Å². The molecular formula is C17H12ClN5. The van der Waals surface area contributed by atoms with Crippen LogP contribution in [0.5, 0.6) is 0 Å². The van der Waals surface area contributed by atoms with Crippen LogP contribution in [0.25, 0.3) is 33.4 Å². The molecule has 0 aliphatic heterocycles. The van der Waals surface area contributed by atoms with E-state index in [0.717, 1.165) is 27.7 Å². The monoisotopic (exact) mass is 321 g/mol. The lowest BCUT2D eigenvalue weighted by Gasteiger charge is -2.06. The number of hydrogen-bond donors (Lipinski definition) is 2. The summed E-state index contributed by atoms with van der Waals surface area (Å²) < 4.78 is 0. The molecule has 0 saturated carbocycles. The molecule has 0 radical (unpaired) electrons. The minimum absolute atomic E-state index is 0.366. The fourth-order valence-electron chi connectivity index (χ4n) is 2.56. The number of nitrogens with zero attached hydrogens (tertiary/aromatic N) is 3. The minimum atomic E-state index is 0.366. The Morgan fingerprint density at radius 3 is 2.48 bits per heavy atom. The van der Waals surface area contributed by atoms with Crippen LogP contribution in [0, 0.1) is 0 Å². The van der Waals surface area contributed by atoms with Gasteiger partial charge in [0.05, 0.1) is 23.1 Å². The SMILES string of the molecule is Nc1cnc(-c2cnc3[nH]cc(-c4ccccc4)c3c2Cl)cn1. The molecule has 3 aromatic heterocycles. The summed E-state index contributed by atoms with van der Waals surface area (Å²) in [4.78, 5) is 16.0. The van der Waals surface area contributed by atoms with Crippen molar-refractivity contribution < 1.29 is 0 Å². The van der Waals surface area contributed by atoms with Crippen LogP contribution in [0.3, 0.4) is 0 Å². The van der Waals surface area contributed by atoms with Crippen LogP contribution in [0.15, 0.2) is 55.1 Å². The molecule has 4 rings (SSSR count). The van der Waals surface area contributed by atoms with E-state index in [4.69, 9.17) is 17.3 Å². The average Bonchev–Trinajstić information content (AvgIpc) is 3.02. The number of aromatic amines is 1. The lowest BCUT2D eigenvalue weighted by molar-refractivity contribution is 1.21. The molecule has 0 saturated heterocycles. The summed E-state index contributed by atoms with van der Waals surface area (Å²) in [7, 11) is 0. The largest absolute Gasteiger partial charge is 0.382 e. The normalized spacial score (nSPS) is 11.0. The van der Waals surface area contributed by atoms with E-state index < -0.39 is 0 Å². The van der Waals surface area contributed by atoms with E-state index in [1.165, 1.54) is 6.20 Å². The molecule has 0 fully saturated rings. The highest BCUT2D eigenvalue weighted by atomic mass is 35.5. The van der Waals surface area contributed by atoms with E-state index in [1.807, 2.05) is 36.5 Å². The molecule has 0 spiro atoms. The average molecular weight is 322 g/mol. The van der Waals surface area contributed by atoms with Gasteiger partial charge in [-0.05, 0) is 5.56 Å². The maximum atomic E-state index is 6.65. The van der Waals surface area contributed by atoms with Gasteiger partial charge in [-0.15, -0.1) is 0 Å².